The first kappa shape index (κ1) is 30.3. The first-order valence-electron chi connectivity index (χ1n) is 13.4. The van der Waals surface area contributed by atoms with Crippen LogP contribution in [0.5, 0.6) is 23.0 Å². The van der Waals surface area contributed by atoms with Crippen LogP contribution in [0.2, 0.25) is 0 Å². The number of esters is 2. The molecule has 0 fully saturated rings. The van der Waals surface area contributed by atoms with Crippen molar-refractivity contribution in [3.8, 4) is 23.0 Å². The number of benzene rings is 3. The molecule has 0 aliphatic carbocycles. The summed E-state index contributed by atoms with van der Waals surface area (Å²) in [5.41, 5.74) is 2.88. The SMILES string of the molecule is COc1cc(CC[C@@H](C[C@H](CCc2ccc(O)c(OC)c2)OC(=O)CCc2ccccc2)OC(C)=O)ccc1O. The second-order valence-electron chi connectivity index (χ2n) is 9.65. The maximum Gasteiger partial charge on any atom is 0.306 e. The molecule has 0 saturated heterocycles. The molecule has 8 heteroatoms. The van der Waals surface area contributed by atoms with Crippen LogP contribution >= 0.6 is 0 Å². The van der Waals surface area contributed by atoms with Crippen molar-refractivity contribution in [2.24, 2.45) is 0 Å². The van der Waals surface area contributed by atoms with Gasteiger partial charge in [-0.25, -0.2) is 0 Å². The van der Waals surface area contributed by atoms with Gasteiger partial charge < -0.3 is 29.2 Å². The highest BCUT2D eigenvalue weighted by Crippen LogP contribution is 2.29. The predicted molar refractivity (Wildman–Crippen MR) is 151 cm³/mol. The molecule has 0 unspecified atom stereocenters. The molecule has 0 spiro atoms. The Hall–Kier alpha value is -4.20. The van der Waals surface area contributed by atoms with Crippen LogP contribution in [0.4, 0.5) is 0 Å². The van der Waals surface area contributed by atoms with E-state index in [4.69, 9.17) is 18.9 Å². The highest BCUT2D eigenvalue weighted by atomic mass is 16.6. The summed E-state index contributed by atoms with van der Waals surface area (Å²) < 4.78 is 22.0. The molecule has 214 valence electrons. The van der Waals surface area contributed by atoms with Gasteiger partial charge in [0.05, 0.1) is 14.2 Å². The molecule has 2 N–H and O–H groups in total. The number of phenols is 2. The number of methoxy groups -OCH3 is 2. The minimum Gasteiger partial charge on any atom is -0.504 e. The molecule has 0 bridgehead atoms. The number of rotatable bonds is 15. The van der Waals surface area contributed by atoms with Gasteiger partial charge in [0.1, 0.15) is 12.2 Å². The highest BCUT2D eigenvalue weighted by Gasteiger charge is 2.23. The third-order valence-corrected chi connectivity index (χ3v) is 6.62. The van der Waals surface area contributed by atoms with Gasteiger partial charge in [0.2, 0.25) is 0 Å². The second kappa shape index (κ2) is 15.4. The van der Waals surface area contributed by atoms with E-state index in [9.17, 15) is 19.8 Å². The van der Waals surface area contributed by atoms with Crippen molar-refractivity contribution in [1.29, 1.82) is 0 Å². The zero-order valence-electron chi connectivity index (χ0n) is 23.3. The Kier molecular flexibility index (Phi) is 11.7. The van der Waals surface area contributed by atoms with Crippen LogP contribution in [-0.2, 0) is 38.3 Å². The summed E-state index contributed by atoms with van der Waals surface area (Å²) in [6, 6.07) is 20.0. The molecule has 3 aromatic carbocycles. The van der Waals surface area contributed by atoms with Gasteiger partial charge in [0.15, 0.2) is 23.0 Å². The summed E-state index contributed by atoms with van der Waals surface area (Å²) >= 11 is 0. The van der Waals surface area contributed by atoms with Crippen LogP contribution in [0, 0.1) is 0 Å². The number of aryl methyl sites for hydroxylation is 3. The van der Waals surface area contributed by atoms with Gasteiger partial charge >= 0.3 is 11.9 Å². The van der Waals surface area contributed by atoms with E-state index >= 15 is 0 Å². The summed E-state index contributed by atoms with van der Waals surface area (Å²) in [7, 11) is 2.98. The minimum absolute atomic E-state index is 0.0518. The van der Waals surface area contributed by atoms with Gasteiger partial charge in [0, 0.05) is 19.8 Å². The maximum absolute atomic E-state index is 12.8. The minimum atomic E-state index is -0.498. The Morgan fingerprint density at radius 3 is 1.73 bits per heavy atom. The molecule has 40 heavy (non-hydrogen) atoms. The molecule has 3 rings (SSSR count). The van der Waals surface area contributed by atoms with Gasteiger partial charge in [-0.05, 0) is 73.1 Å². The molecule has 2 atom stereocenters. The van der Waals surface area contributed by atoms with Crippen molar-refractivity contribution in [2.75, 3.05) is 14.2 Å². The molecular weight excluding hydrogens is 512 g/mol. The smallest absolute Gasteiger partial charge is 0.306 e. The van der Waals surface area contributed by atoms with Crippen LogP contribution in [0.1, 0.15) is 49.3 Å². The summed E-state index contributed by atoms with van der Waals surface area (Å²) in [4.78, 5) is 24.8. The largest absolute Gasteiger partial charge is 0.504 e. The lowest BCUT2D eigenvalue weighted by atomic mass is 9.98. The lowest BCUT2D eigenvalue weighted by Crippen LogP contribution is -2.28. The van der Waals surface area contributed by atoms with Gasteiger partial charge in [-0.1, -0.05) is 42.5 Å². The van der Waals surface area contributed by atoms with E-state index in [1.54, 1.807) is 36.4 Å². The summed E-state index contributed by atoms with van der Waals surface area (Å²) in [6.07, 6.45) is 2.28. The van der Waals surface area contributed by atoms with Crippen molar-refractivity contribution >= 4 is 11.9 Å². The predicted octanol–water partition coefficient (Wildman–Crippen LogP) is 5.55. The average molecular weight is 551 g/mol. The Labute approximate surface area is 235 Å². The first-order valence-corrected chi connectivity index (χ1v) is 13.4. The van der Waals surface area contributed by atoms with Gasteiger partial charge in [-0.3, -0.25) is 9.59 Å². The molecule has 0 aliphatic rings. The van der Waals surface area contributed by atoms with Crippen molar-refractivity contribution in [1.82, 2.24) is 0 Å². The third kappa shape index (κ3) is 9.84. The first-order chi connectivity index (χ1) is 19.3. The van der Waals surface area contributed by atoms with Crippen molar-refractivity contribution in [2.45, 2.75) is 64.1 Å². The average Bonchev–Trinajstić information content (AvgIpc) is 2.95. The fraction of sp³-hybridized carbons (Fsp3) is 0.375. The molecule has 8 nitrogen and oxygen atoms in total. The zero-order chi connectivity index (χ0) is 28.9. The number of phenolic OH excluding ortho intramolecular Hbond substituents is 2. The number of aromatic hydroxyl groups is 2. The van der Waals surface area contributed by atoms with E-state index in [1.165, 1.54) is 21.1 Å². The topological polar surface area (TPSA) is 112 Å². The highest BCUT2D eigenvalue weighted by molar-refractivity contribution is 5.70. The van der Waals surface area contributed by atoms with Gasteiger partial charge in [0.25, 0.3) is 0 Å². The van der Waals surface area contributed by atoms with Crippen LogP contribution in [0.25, 0.3) is 0 Å². The number of carbonyl (C=O) groups is 2. The molecule has 0 heterocycles. The lowest BCUT2D eigenvalue weighted by Gasteiger charge is -2.24. The molecule has 0 aromatic heterocycles. The molecule has 3 aromatic rings. The van der Waals surface area contributed by atoms with Crippen molar-refractivity contribution < 1.29 is 38.7 Å². The van der Waals surface area contributed by atoms with Crippen LogP contribution in [0.15, 0.2) is 66.7 Å². The van der Waals surface area contributed by atoms with E-state index in [0.717, 1.165) is 16.7 Å². The standard InChI is InChI=1S/C32H38O8/c1-22(33)39-26(14-9-24-11-16-28(34)30(19-24)37-2)21-27(15-10-25-12-17-29(35)31(20-25)38-3)40-32(36)18-13-23-7-5-4-6-8-23/h4-8,11-12,16-17,19-20,26-27,34-35H,9-10,13-15,18,21H2,1-3H3/t26-,27-/m0/s1. The van der Waals surface area contributed by atoms with E-state index in [0.29, 0.717) is 50.0 Å². The Bertz CT molecular complexity index is 1240. The van der Waals surface area contributed by atoms with Crippen molar-refractivity contribution in [3.05, 3.63) is 83.4 Å². The molecule has 0 aliphatic heterocycles. The van der Waals surface area contributed by atoms with Crippen molar-refractivity contribution in [3.63, 3.8) is 0 Å². The fourth-order valence-corrected chi connectivity index (χ4v) is 4.52. The number of ether oxygens (including phenoxy) is 4. The van der Waals surface area contributed by atoms with Crippen LogP contribution in [0.3, 0.4) is 0 Å². The zero-order valence-corrected chi connectivity index (χ0v) is 23.3. The van der Waals surface area contributed by atoms with E-state index in [2.05, 4.69) is 0 Å². The monoisotopic (exact) mass is 550 g/mol. The molecule has 0 radical (unpaired) electrons. The van der Waals surface area contributed by atoms with Crippen LogP contribution in [-0.4, -0.2) is 48.6 Å². The Morgan fingerprint density at radius 2 is 1.23 bits per heavy atom. The molecule has 0 amide bonds. The normalized spacial score (nSPS) is 12.3. The van der Waals surface area contributed by atoms with E-state index < -0.39 is 18.2 Å². The van der Waals surface area contributed by atoms with Gasteiger partial charge in [-0.2, -0.15) is 0 Å². The molecule has 0 saturated carbocycles. The third-order valence-electron chi connectivity index (χ3n) is 6.62. The van der Waals surface area contributed by atoms with E-state index in [-0.39, 0.29) is 23.9 Å². The summed E-state index contributed by atoms with van der Waals surface area (Å²) in [5, 5.41) is 19.8. The fourth-order valence-electron chi connectivity index (χ4n) is 4.52. The quantitative estimate of drug-likeness (QED) is 0.237. The number of carbonyl (C=O) groups excluding carboxylic acids is 2. The lowest BCUT2D eigenvalue weighted by molar-refractivity contribution is -0.154. The van der Waals surface area contributed by atoms with Gasteiger partial charge in [-0.15, -0.1) is 0 Å². The number of hydrogen-bond donors (Lipinski definition) is 2. The van der Waals surface area contributed by atoms with Crippen LogP contribution < -0.4 is 9.47 Å². The summed E-state index contributed by atoms with van der Waals surface area (Å²) in [5.74, 6) is 0.117. The Balaban J connectivity index is 1.70. The second-order valence-corrected chi connectivity index (χ2v) is 9.65. The Morgan fingerprint density at radius 1 is 0.700 bits per heavy atom. The number of hydrogen-bond acceptors (Lipinski definition) is 8. The summed E-state index contributed by atoms with van der Waals surface area (Å²) in [6.45, 7) is 1.36. The van der Waals surface area contributed by atoms with E-state index in [1.807, 2.05) is 30.3 Å². The maximum atomic E-state index is 12.8. The molecular formula is C32H38O8.